The monoisotopic (exact) mass is 382 g/mol. The summed E-state index contributed by atoms with van der Waals surface area (Å²) in [6.07, 6.45) is 3.44. The van der Waals surface area contributed by atoms with Crippen molar-refractivity contribution in [1.82, 2.24) is 18.4 Å². The fourth-order valence-electron chi connectivity index (χ4n) is 3.63. The third-order valence-electron chi connectivity index (χ3n) is 5.36. The lowest BCUT2D eigenvalue weighted by Crippen LogP contribution is -2.46. The number of hydrogen-bond donors (Lipinski definition) is 0. The van der Waals surface area contributed by atoms with Crippen LogP contribution in [0.3, 0.4) is 0 Å². The highest BCUT2D eigenvalue weighted by Gasteiger charge is 2.34. The predicted molar refractivity (Wildman–Crippen MR) is 101 cm³/mol. The van der Waals surface area contributed by atoms with Crippen molar-refractivity contribution in [3.8, 4) is 0 Å². The first-order chi connectivity index (χ1) is 12.2. The zero-order valence-corrected chi connectivity index (χ0v) is 16.8. The van der Waals surface area contributed by atoms with E-state index in [4.69, 9.17) is 0 Å². The summed E-state index contributed by atoms with van der Waals surface area (Å²) in [5.41, 5.74) is 0.694. The number of aromatic nitrogens is 2. The number of rotatable bonds is 4. The highest BCUT2D eigenvalue weighted by molar-refractivity contribution is 7.86. The Hall–Kier alpha value is -1.25. The maximum absolute atomic E-state index is 12.6. The number of nitrogens with zero attached hydrogens (tertiary/aromatic N) is 4. The molecule has 0 N–H and O–H groups in total. The summed E-state index contributed by atoms with van der Waals surface area (Å²) < 4.78 is 30.1. The summed E-state index contributed by atoms with van der Waals surface area (Å²) in [5.74, 6) is 0.278. The predicted octanol–water partition coefficient (Wildman–Crippen LogP) is 1.59. The molecule has 1 aromatic heterocycles. The minimum atomic E-state index is -3.31. The molecule has 2 aliphatic heterocycles. The molecule has 0 spiro atoms. The first-order valence-electron chi connectivity index (χ1n) is 9.52. The molecule has 0 aliphatic carbocycles. The highest BCUT2D eigenvalue weighted by atomic mass is 32.2. The maximum Gasteiger partial charge on any atom is 0.281 e. The molecule has 7 nitrogen and oxygen atoms in total. The van der Waals surface area contributed by atoms with E-state index >= 15 is 0 Å². The van der Waals surface area contributed by atoms with Crippen molar-refractivity contribution in [2.45, 2.75) is 58.4 Å². The molecule has 1 aromatic rings. The lowest BCUT2D eigenvalue weighted by atomic mass is 9.92. The van der Waals surface area contributed by atoms with E-state index in [1.807, 2.05) is 0 Å². The molecule has 8 heteroatoms. The van der Waals surface area contributed by atoms with Gasteiger partial charge in [-0.05, 0) is 37.7 Å². The molecule has 0 bridgehead atoms. The van der Waals surface area contributed by atoms with E-state index in [1.165, 1.54) is 0 Å². The van der Waals surface area contributed by atoms with Gasteiger partial charge in [0.05, 0.1) is 5.69 Å². The van der Waals surface area contributed by atoms with Crippen LogP contribution in [-0.4, -0.2) is 53.0 Å². The van der Waals surface area contributed by atoms with Crippen LogP contribution in [0.2, 0.25) is 0 Å². The zero-order chi connectivity index (χ0) is 18.9. The molecule has 146 valence electrons. The summed E-state index contributed by atoms with van der Waals surface area (Å²) in [4.78, 5) is 12.2. The lowest BCUT2D eigenvalue weighted by molar-refractivity contribution is 0.233. The second-order valence-corrected chi connectivity index (χ2v) is 10.4. The molecule has 0 aromatic carbocycles. The quantitative estimate of drug-likeness (QED) is 0.793. The Kier molecular flexibility index (Phi) is 5.55. The fourth-order valence-corrected chi connectivity index (χ4v) is 5.35. The van der Waals surface area contributed by atoms with Gasteiger partial charge in [-0.3, -0.25) is 4.79 Å². The first-order valence-corrected chi connectivity index (χ1v) is 10.9. The molecular weight excluding hydrogens is 352 g/mol. The average Bonchev–Trinajstić information content (AvgIpc) is 3.12. The molecule has 0 radical (unpaired) electrons. The Labute approximate surface area is 156 Å². The van der Waals surface area contributed by atoms with Crippen LogP contribution in [0.5, 0.6) is 0 Å². The number of piperidine rings is 1. The van der Waals surface area contributed by atoms with Gasteiger partial charge in [-0.25, -0.2) is 4.68 Å². The van der Waals surface area contributed by atoms with Crippen molar-refractivity contribution < 1.29 is 8.42 Å². The van der Waals surface area contributed by atoms with Crippen molar-refractivity contribution in [2.24, 2.45) is 5.92 Å². The van der Waals surface area contributed by atoms with Crippen LogP contribution in [0, 0.1) is 5.92 Å². The molecule has 0 atom stereocenters. The van der Waals surface area contributed by atoms with Crippen molar-refractivity contribution in [1.29, 1.82) is 0 Å². The van der Waals surface area contributed by atoms with Gasteiger partial charge < -0.3 is 0 Å². The van der Waals surface area contributed by atoms with Crippen LogP contribution in [0.1, 0.15) is 52.1 Å². The Morgan fingerprint density at radius 3 is 2.19 bits per heavy atom. The van der Waals surface area contributed by atoms with Crippen LogP contribution >= 0.6 is 0 Å². The van der Waals surface area contributed by atoms with E-state index in [9.17, 15) is 13.2 Å². The van der Waals surface area contributed by atoms with Gasteiger partial charge in [-0.1, -0.05) is 20.8 Å². The summed E-state index contributed by atoms with van der Waals surface area (Å²) in [6, 6.07) is 3.38. The summed E-state index contributed by atoms with van der Waals surface area (Å²) in [6.45, 7) is 9.11. The third kappa shape index (κ3) is 4.18. The fraction of sp³-hybridized carbons (Fsp3) is 0.778. The normalized spacial score (nSPS) is 21.3. The van der Waals surface area contributed by atoms with Crippen molar-refractivity contribution >= 4 is 10.2 Å². The number of hydrogen-bond acceptors (Lipinski definition) is 4. The molecule has 26 heavy (non-hydrogen) atoms. The standard InChI is InChI=1S/C18H30N4O3S/c1-18(2,3)16-6-7-17(23)22(19-16)14-15-8-12-21(13-9-15)26(24,25)20-10-4-5-11-20/h6-7,15H,4-5,8-14H2,1-3H3. The Morgan fingerprint density at radius 2 is 1.62 bits per heavy atom. The summed E-state index contributed by atoms with van der Waals surface area (Å²) in [7, 11) is -3.31. The molecule has 2 fully saturated rings. The zero-order valence-electron chi connectivity index (χ0n) is 16.0. The van der Waals surface area contributed by atoms with Gasteiger partial charge in [-0.15, -0.1) is 0 Å². The van der Waals surface area contributed by atoms with Gasteiger partial charge in [0, 0.05) is 44.2 Å². The van der Waals surface area contributed by atoms with Crippen LogP contribution in [-0.2, 0) is 22.2 Å². The van der Waals surface area contributed by atoms with Crippen LogP contribution in [0.4, 0.5) is 0 Å². The Morgan fingerprint density at radius 1 is 1.04 bits per heavy atom. The third-order valence-corrected chi connectivity index (χ3v) is 7.39. The minimum Gasteiger partial charge on any atom is -0.268 e. The lowest BCUT2D eigenvalue weighted by Gasteiger charge is -2.33. The van der Waals surface area contributed by atoms with Gasteiger partial charge in [0.25, 0.3) is 15.8 Å². The second-order valence-electron chi connectivity index (χ2n) is 8.45. The van der Waals surface area contributed by atoms with Gasteiger partial charge in [0.2, 0.25) is 0 Å². The van der Waals surface area contributed by atoms with E-state index in [-0.39, 0.29) is 16.9 Å². The van der Waals surface area contributed by atoms with E-state index in [2.05, 4.69) is 25.9 Å². The van der Waals surface area contributed by atoms with Crippen molar-refractivity contribution in [3.05, 3.63) is 28.2 Å². The van der Waals surface area contributed by atoms with Gasteiger partial charge in [-0.2, -0.15) is 22.1 Å². The smallest absolute Gasteiger partial charge is 0.268 e. The van der Waals surface area contributed by atoms with Crippen molar-refractivity contribution in [2.75, 3.05) is 26.2 Å². The molecule has 3 rings (SSSR count). The van der Waals surface area contributed by atoms with E-state index in [0.29, 0.717) is 32.7 Å². The van der Waals surface area contributed by atoms with Crippen LogP contribution < -0.4 is 5.56 Å². The molecular formula is C18H30N4O3S. The molecule has 2 aliphatic rings. The van der Waals surface area contributed by atoms with Crippen LogP contribution in [0.15, 0.2) is 16.9 Å². The SMILES string of the molecule is CC(C)(C)c1ccc(=O)n(CC2CCN(S(=O)(=O)N3CCCC3)CC2)n1. The second kappa shape index (κ2) is 7.40. The molecule has 2 saturated heterocycles. The minimum absolute atomic E-state index is 0.0925. The molecule has 0 saturated carbocycles. The highest BCUT2D eigenvalue weighted by Crippen LogP contribution is 2.24. The van der Waals surface area contributed by atoms with Gasteiger partial charge in [0.1, 0.15) is 0 Å². The summed E-state index contributed by atoms with van der Waals surface area (Å²) >= 11 is 0. The molecule has 0 amide bonds. The van der Waals surface area contributed by atoms with Crippen LogP contribution in [0.25, 0.3) is 0 Å². The van der Waals surface area contributed by atoms with Crippen molar-refractivity contribution in [3.63, 3.8) is 0 Å². The van der Waals surface area contributed by atoms with E-state index < -0.39 is 10.2 Å². The molecule has 3 heterocycles. The molecule has 0 unspecified atom stereocenters. The largest absolute Gasteiger partial charge is 0.281 e. The first kappa shape index (κ1) is 19.5. The Balaban J connectivity index is 1.63. The average molecular weight is 383 g/mol. The topological polar surface area (TPSA) is 75.5 Å². The van der Waals surface area contributed by atoms with Gasteiger partial charge >= 0.3 is 0 Å². The van der Waals surface area contributed by atoms with E-state index in [0.717, 1.165) is 31.4 Å². The Bertz CT molecular complexity index is 783. The summed E-state index contributed by atoms with van der Waals surface area (Å²) in [5, 5.41) is 4.53. The maximum atomic E-state index is 12.6. The van der Waals surface area contributed by atoms with Gasteiger partial charge in [0.15, 0.2) is 0 Å². The van der Waals surface area contributed by atoms with E-state index in [1.54, 1.807) is 25.4 Å².